The first kappa shape index (κ1) is 45.4. The third-order valence-corrected chi connectivity index (χ3v) is 15.2. The van der Waals surface area contributed by atoms with Crippen molar-refractivity contribution in [1.29, 1.82) is 5.26 Å². The van der Waals surface area contributed by atoms with Gasteiger partial charge < -0.3 is 9.80 Å². The van der Waals surface area contributed by atoms with Gasteiger partial charge in [0.1, 0.15) is 6.07 Å². The highest BCUT2D eigenvalue weighted by Crippen LogP contribution is 2.54. The van der Waals surface area contributed by atoms with Crippen LogP contribution in [0.3, 0.4) is 0 Å². The predicted molar refractivity (Wildman–Crippen MR) is 316 cm³/mol. The fraction of sp³-hybridized carbons (Fsp3) is 0.0563. The van der Waals surface area contributed by atoms with Gasteiger partial charge in [0.15, 0.2) is 0 Å². The zero-order valence-corrected chi connectivity index (χ0v) is 42.2. The Morgan fingerprint density at radius 3 is 1.15 bits per heavy atom. The molecule has 3 nitrogen and oxygen atoms in total. The molecule has 354 valence electrons. The van der Waals surface area contributed by atoms with Gasteiger partial charge in [-0.05, 0) is 96.1 Å². The van der Waals surface area contributed by atoms with Gasteiger partial charge in [0, 0.05) is 39.3 Å². The highest BCUT2D eigenvalue weighted by atomic mass is 15.2. The van der Waals surface area contributed by atoms with E-state index in [0.717, 1.165) is 106 Å². The summed E-state index contributed by atoms with van der Waals surface area (Å²) < 4.78 is 0. The average molecular weight is 958 g/mol. The number of anilines is 6. The van der Waals surface area contributed by atoms with Gasteiger partial charge in [0.05, 0.1) is 22.6 Å². The van der Waals surface area contributed by atoms with Crippen molar-refractivity contribution in [2.24, 2.45) is 0 Å². The van der Waals surface area contributed by atoms with Crippen LogP contribution in [0.15, 0.2) is 261 Å². The Morgan fingerprint density at radius 1 is 0.333 bits per heavy atom. The molecule has 4 heteroatoms. The molecule has 0 amide bonds. The zero-order chi connectivity index (χ0) is 50.6. The minimum atomic E-state index is -0.284. The molecule has 2 aliphatic heterocycles. The van der Waals surface area contributed by atoms with E-state index in [9.17, 15) is 5.26 Å². The molecule has 2 heterocycles. The summed E-state index contributed by atoms with van der Waals surface area (Å²) in [6, 6.07) is 97.3. The number of nitrogens with zero attached hydrogens (tertiary/aromatic N) is 3. The largest absolute Gasteiger partial charge is 0.310 e. The van der Waals surface area contributed by atoms with Gasteiger partial charge in [-0.1, -0.05) is 257 Å². The Balaban J connectivity index is 1.24. The van der Waals surface area contributed by atoms with Crippen molar-refractivity contribution in [3.8, 4) is 72.8 Å². The lowest BCUT2D eigenvalue weighted by molar-refractivity contribution is 0.590. The molecule has 0 bridgehead atoms. The molecule has 13 rings (SSSR count). The molecule has 11 aromatic rings. The van der Waals surface area contributed by atoms with Crippen LogP contribution < -0.4 is 26.2 Å². The van der Waals surface area contributed by atoms with E-state index in [-0.39, 0.29) is 12.1 Å². The van der Waals surface area contributed by atoms with Gasteiger partial charge in [0.25, 0.3) is 6.71 Å². The summed E-state index contributed by atoms with van der Waals surface area (Å²) in [6.45, 7) is 6.68. The highest BCUT2D eigenvalue weighted by Gasteiger charge is 2.47. The van der Waals surface area contributed by atoms with Crippen LogP contribution in [0.1, 0.15) is 31.9 Å². The summed E-state index contributed by atoms with van der Waals surface area (Å²) in [7, 11) is 0. The second-order valence-corrected chi connectivity index (χ2v) is 20.7. The Morgan fingerprint density at radius 2 is 0.720 bits per heavy atom. The molecule has 0 aromatic heterocycles. The summed E-state index contributed by atoms with van der Waals surface area (Å²) in [5.74, 6) is 0. The maximum absolute atomic E-state index is 11.8. The van der Waals surface area contributed by atoms with Crippen molar-refractivity contribution in [1.82, 2.24) is 0 Å². The first-order valence-corrected chi connectivity index (χ1v) is 25.9. The molecule has 75 heavy (non-hydrogen) atoms. The molecule has 11 aromatic carbocycles. The summed E-state index contributed by atoms with van der Waals surface area (Å²) in [6.07, 6.45) is 0. The van der Waals surface area contributed by atoms with Crippen molar-refractivity contribution in [2.75, 3.05) is 9.80 Å². The molecule has 0 saturated carbocycles. The first-order chi connectivity index (χ1) is 36.8. The summed E-state index contributed by atoms with van der Waals surface area (Å²) in [5.41, 5.74) is 24.5. The monoisotopic (exact) mass is 957 g/mol. The van der Waals surface area contributed by atoms with Gasteiger partial charge in [-0.15, -0.1) is 0 Å². The number of nitriles is 1. The van der Waals surface area contributed by atoms with Crippen molar-refractivity contribution in [3.05, 3.63) is 272 Å². The molecule has 0 N–H and O–H groups in total. The Kier molecular flexibility index (Phi) is 11.2. The maximum Gasteiger partial charge on any atom is 0.252 e. The quantitative estimate of drug-likeness (QED) is 0.142. The van der Waals surface area contributed by atoms with Gasteiger partial charge >= 0.3 is 0 Å². The summed E-state index contributed by atoms with van der Waals surface area (Å²) in [5, 5.41) is 11.8. The number of benzene rings is 11. The lowest BCUT2D eigenvalue weighted by Gasteiger charge is -2.46. The van der Waals surface area contributed by atoms with Gasteiger partial charge in [-0.25, -0.2) is 0 Å². The van der Waals surface area contributed by atoms with Gasteiger partial charge in [0.2, 0.25) is 0 Å². The number of para-hydroxylation sites is 2. The fourth-order valence-electron chi connectivity index (χ4n) is 11.7. The third kappa shape index (κ3) is 7.84. The zero-order valence-electron chi connectivity index (χ0n) is 42.2. The topological polar surface area (TPSA) is 30.3 Å². The highest BCUT2D eigenvalue weighted by molar-refractivity contribution is 7.00. The Labute approximate surface area is 441 Å². The fourth-order valence-corrected chi connectivity index (χ4v) is 11.7. The van der Waals surface area contributed by atoms with Crippen LogP contribution in [0.5, 0.6) is 0 Å². The second-order valence-electron chi connectivity index (χ2n) is 20.7. The molecular weight excluding hydrogens is 906 g/mol. The number of hydrogen-bond acceptors (Lipinski definition) is 3. The molecule has 0 aliphatic carbocycles. The number of hydrogen-bond donors (Lipinski definition) is 0. The molecule has 0 unspecified atom stereocenters. The Bertz CT molecular complexity index is 3860. The van der Waals surface area contributed by atoms with E-state index in [2.05, 4.69) is 297 Å². The van der Waals surface area contributed by atoms with E-state index in [4.69, 9.17) is 0 Å². The van der Waals surface area contributed by atoms with E-state index in [0.29, 0.717) is 5.56 Å². The molecule has 0 atom stereocenters. The van der Waals surface area contributed by atoms with Crippen LogP contribution in [0.2, 0.25) is 0 Å². The van der Waals surface area contributed by atoms with E-state index in [1.807, 2.05) is 0 Å². The van der Waals surface area contributed by atoms with Crippen molar-refractivity contribution in [3.63, 3.8) is 0 Å². The molecule has 0 radical (unpaired) electrons. The van der Waals surface area contributed by atoms with Crippen molar-refractivity contribution in [2.45, 2.75) is 26.2 Å². The van der Waals surface area contributed by atoms with Crippen molar-refractivity contribution < 1.29 is 0 Å². The van der Waals surface area contributed by atoms with Crippen LogP contribution in [-0.4, -0.2) is 6.71 Å². The molecular formula is C71H52BN3. The van der Waals surface area contributed by atoms with Crippen LogP contribution in [0.25, 0.3) is 66.8 Å². The normalized spacial score (nSPS) is 12.4. The van der Waals surface area contributed by atoms with Crippen molar-refractivity contribution >= 4 is 57.2 Å². The molecule has 2 aliphatic rings. The molecule has 0 fully saturated rings. The maximum atomic E-state index is 11.8. The van der Waals surface area contributed by atoms with Crippen LogP contribution >= 0.6 is 0 Å². The van der Waals surface area contributed by atoms with Crippen LogP contribution in [0, 0.1) is 11.3 Å². The standard InChI is InChI=1S/C71H52BN3/c1-71(2,3)57-45-65-67-66(46-57)75(70-60(52-32-18-8-19-33-52)38-23-39-61(70)53-34-20-9-21-35-53)68-56(47-73)42-55(49-26-12-5-13-27-49)44-63(68)72(67)62-43-54(48-24-10-4-11-25-48)40-41-64(62)74(65)69-58(50-28-14-6-15-29-50)36-22-37-59(69)51-30-16-7-17-31-51/h4-46H,1-3H3. The summed E-state index contributed by atoms with van der Waals surface area (Å²) in [4.78, 5) is 5.08. The number of rotatable bonds is 8. The minimum absolute atomic E-state index is 0.283. The van der Waals surface area contributed by atoms with E-state index in [1.165, 1.54) is 16.5 Å². The van der Waals surface area contributed by atoms with E-state index < -0.39 is 0 Å². The SMILES string of the molecule is CC(C)(C)c1cc2c3c(c1)N(c1c(-c4ccccc4)cccc1-c1ccccc1)c1c(C#N)cc(-c4ccccc4)cc1B3c1cc(-c3ccccc3)ccc1N2c1c(-c2ccccc2)cccc1-c1ccccc1. The Hall–Kier alpha value is -9.43. The lowest BCUT2D eigenvalue weighted by Crippen LogP contribution is -2.62. The van der Waals surface area contributed by atoms with E-state index in [1.54, 1.807) is 0 Å². The molecule has 0 spiro atoms. The van der Waals surface area contributed by atoms with Gasteiger partial charge in [-0.3, -0.25) is 0 Å². The average Bonchev–Trinajstić information content (AvgIpc) is 3.52. The minimum Gasteiger partial charge on any atom is -0.310 e. The summed E-state index contributed by atoms with van der Waals surface area (Å²) >= 11 is 0. The number of fused-ring (bicyclic) bond motifs is 4. The third-order valence-electron chi connectivity index (χ3n) is 15.2. The smallest absolute Gasteiger partial charge is 0.252 e. The van der Waals surface area contributed by atoms with Gasteiger partial charge in [-0.2, -0.15) is 5.26 Å². The molecule has 0 saturated heterocycles. The predicted octanol–water partition coefficient (Wildman–Crippen LogP) is 16.9. The van der Waals surface area contributed by atoms with Crippen LogP contribution in [0.4, 0.5) is 34.1 Å². The first-order valence-electron chi connectivity index (χ1n) is 25.9. The van der Waals surface area contributed by atoms with E-state index >= 15 is 0 Å². The van der Waals surface area contributed by atoms with Crippen LogP contribution in [-0.2, 0) is 5.41 Å². The second kappa shape index (κ2) is 18.6. The lowest BCUT2D eigenvalue weighted by atomic mass is 9.33.